The number of amides is 1. The Bertz CT molecular complexity index is 1030. The molecule has 0 spiro atoms. The third kappa shape index (κ3) is 3.77. The van der Waals surface area contributed by atoms with E-state index < -0.39 is 11.9 Å². The lowest BCUT2D eigenvalue weighted by atomic mass is 10.0. The first-order chi connectivity index (χ1) is 12.8. The van der Waals surface area contributed by atoms with Crippen molar-refractivity contribution < 1.29 is 14.0 Å². The number of nitrogen functional groups attached to an aromatic ring is 1. The van der Waals surface area contributed by atoms with Crippen LogP contribution in [0.3, 0.4) is 0 Å². The summed E-state index contributed by atoms with van der Waals surface area (Å²) in [5.41, 5.74) is 8.18. The van der Waals surface area contributed by atoms with Gasteiger partial charge in [0.2, 0.25) is 5.95 Å². The summed E-state index contributed by atoms with van der Waals surface area (Å²) >= 11 is 13.5. The Kier molecular flexibility index (Phi) is 5.67. The van der Waals surface area contributed by atoms with Crippen molar-refractivity contribution in [3.8, 4) is 21.6 Å². The first-order valence-corrected chi connectivity index (χ1v) is 9.22. The van der Waals surface area contributed by atoms with Gasteiger partial charge in [-0.1, -0.05) is 29.3 Å². The number of hydrogen-bond acceptors (Lipinski definition) is 5. The molecule has 9 heteroatoms. The van der Waals surface area contributed by atoms with Crippen LogP contribution in [0.25, 0.3) is 21.6 Å². The van der Waals surface area contributed by atoms with Gasteiger partial charge in [-0.05, 0) is 23.8 Å². The Morgan fingerprint density at radius 3 is 2.67 bits per heavy atom. The van der Waals surface area contributed by atoms with E-state index in [1.54, 1.807) is 24.3 Å². The molecule has 1 aromatic carbocycles. The van der Waals surface area contributed by atoms with Crippen molar-refractivity contribution in [1.82, 2.24) is 10.0 Å². The van der Waals surface area contributed by atoms with Gasteiger partial charge in [-0.15, -0.1) is 11.3 Å². The van der Waals surface area contributed by atoms with E-state index in [1.165, 1.54) is 26.4 Å². The SMILES string of the molecule is CON(C)C(=O)c1sc(-c2ccnc(F)c2)c(N)c1-c1ccc(Cl)cc1Cl. The van der Waals surface area contributed by atoms with Crippen LogP contribution in [0.1, 0.15) is 9.67 Å². The molecule has 0 unspecified atom stereocenters. The van der Waals surface area contributed by atoms with E-state index >= 15 is 0 Å². The fourth-order valence-corrected chi connectivity index (χ4v) is 4.24. The Morgan fingerprint density at radius 2 is 2.04 bits per heavy atom. The zero-order valence-electron chi connectivity index (χ0n) is 14.3. The number of pyridine rings is 1. The molecule has 0 aliphatic heterocycles. The van der Waals surface area contributed by atoms with Gasteiger partial charge in [0.25, 0.3) is 5.91 Å². The lowest BCUT2D eigenvalue weighted by Gasteiger charge is -2.14. The molecule has 2 aromatic heterocycles. The number of benzene rings is 1. The molecule has 0 bridgehead atoms. The van der Waals surface area contributed by atoms with Gasteiger partial charge in [0.1, 0.15) is 4.88 Å². The van der Waals surface area contributed by atoms with Crippen molar-refractivity contribution in [2.45, 2.75) is 0 Å². The zero-order valence-corrected chi connectivity index (χ0v) is 16.6. The second-order valence-corrected chi connectivity index (χ2v) is 7.39. The van der Waals surface area contributed by atoms with Gasteiger partial charge in [-0.25, -0.2) is 10.0 Å². The van der Waals surface area contributed by atoms with Crippen LogP contribution in [-0.2, 0) is 4.84 Å². The zero-order chi connectivity index (χ0) is 19.7. The highest BCUT2D eigenvalue weighted by Crippen LogP contribution is 2.47. The van der Waals surface area contributed by atoms with E-state index in [-0.39, 0.29) is 0 Å². The summed E-state index contributed by atoms with van der Waals surface area (Å²) in [6.45, 7) is 0. The molecule has 2 heterocycles. The molecule has 0 atom stereocenters. The van der Waals surface area contributed by atoms with Crippen molar-refractivity contribution in [2.75, 3.05) is 19.9 Å². The van der Waals surface area contributed by atoms with E-state index in [1.807, 2.05) is 0 Å². The van der Waals surface area contributed by atoms with E-state index in [2.05, 4.69) is 4.98 Å². The van der Waals surface area contributed by atoms with Crippen LogP contribution in [0.5, 0.6) is 0 Å². The molecular weight excluding hydrogens is 412 g/mol. The second kappa shape index (κ2) is 7.82. The molecule has 3 rings (SSSR count). The first-order valence-electron chi connectivity index (χ1n) is 7.65. The number of aromatic nitrogens is 1. The lowest BCUT2D eigenvalue weighted by molar-refractivity contribution is -0.0753. The van der Waals surface area contributed by atoms with Gasteiger partial charge in [0, 0.05) is 35.5 Å². The number of carbonyl (C=O) groups excluding carboxylic acids is 1. The molecule has 5 nitrogen and oxygen atoms in total. The number of hydrogen-bond donors (Lipinski definition) is 1. The Labute approximate surface area is 169 Å². The van der Waals surface area contributed by atoms with Gasteiger partial charge in [0.05, 0.1) is 22.7 Å². The molecule has 0 fully saturated rings. The Morgan fingerprint density at radius 1 is 1.30 bits per heavy atom. The van der Waals surface area contributed by atoms with E-state index in [0.717, 1.165) is 16.4 Å². The Hall–Kier alpha value is -2.19. The molecule has 1 amide bonds. The molecule has 0 aliphatic carbocycles. The fourth-order valence-electron chi connectivity index (χ4n) is 2.54. The summed E-state index contributed by atoms with van der Waals surface area (Å²) in [6.07, 6.45) is 1.33. The molecule has 0 saturated carbocycles. The normalized spacial score (nSPS) is 10.9. The van der Waals surface area contributed by atoms with Gasteiger partial charge in [0.15, 0.2) is 0 Å². The minimum Gasteiger partial charge on any atom is -0.397 e. The second-order valence-electron chi connectivity index (χ2n) is 5.53. The van der Waals surface area contributed by atoms with Gasteiger partial charge in [-0.3, -0.25) is 9.63 Å². The van der Waals surface area contributed by atoms with Crippen molar-refractivity contribution in [3.05, 3.63) is 57.4 Å². The minimum atomic E-state index is -0.645. The van der Waals surface area contributed by atoms with Crippen LogP contribution in [-0.4, -0.2) is 30.1 Å². The minimum absolute atomic E-state index is 0.308. The average molecular weight is 426 g/mol. The predicted octanol–water partition coefficient (Wildman–Crippen LogP) is 5.14. The molecule has 0 radical (unpaired) electrons. The molecule has 0 saturated heterocycles. The van der Waals surface area contributed by atoms with E-state index in [0.29, 0.717) is 42.2 Å². The quantitative estimate of drug-likeness (QED) is 0.464. The smallest absolute Gasteiger partial charge is 0.287 e. The largest absolute Gasteiger partial charge is 0.397 e. The molecule has 3 aromatic rings. The number of anilines is 1. The highest BCUT2D eigenvalue weighted by molar-refractivity contribution is 7.18. The molecule has 0 aliphatic rings. The third-order valence-electron chi connectivity index (χ3n) is 3.89. The topological polar surface area (TPSA) is 68.5 Å². The standard InChI is InChI=1S/C18H14Cl2FN3O2S/c1-24(26-2)18(25)17-14(11-4-3-10(19)8-12(11)20)15(22)16(27-17)9-5-6-23-13(21)7-9/h3-8H,22H2,1-2H3. The van der Waals surface area contributed by atoms with Crippen LogP contribution >= 0.6 is 34.5 Å². The summed E-state index contributed by atoms with van der Waals surface area (Å²) in [4.78, 5) is 22.2. The predicted molar refractivity (Wildman–Crippen MR) is 106 cm³/mol. The molecular formula is C18H14Cl2FN3O2S. The van der Waals surface area contributed by atoms with Gasteiger partial charge in [-0.2, -0.15) is 4.39 Å². The lowest BCUT2D eigenvalue weighted by Crippen LogP contribution is -2.25. The first kappa shape index (κ1) is 19.6. The van der Waals surface area contributed by atoms with Crippen LogP contribution in [0.15, 0.2) is 36.5 Å². The average Bonchev–Trinajstić information content (AvgIpc) is 2.97. The van der Waals surface area contributed by atoms with Crippen molar-refractivity contribution in [1.29, 1.82) is 0 Å². The summed E-state index contributed by atoms with van der Waals surface area (Å²) < 4.78 is 13.6. The molecule has 140 valence electrons. The number of halogens is 3. The maximum Gasteiger partial charge on any atom is 0.287 e. The summed E-state index contributed by atoms with van der Waals surface area (Å²) in [5, 5.41) is 1.87. The van der Waals surface area contributed by atoms with Crippen LogP contribution in [0.4, 0.5) is 10.1 Å². The number of nitrogens with zero attached hydrogens (tertiary/aromatic N) is 2. The summed E-state index contributed by atoms with van der Waals surface area (Å²) in [6, 6.07) is 7.77. The maximum atomic E-state index is 13.6. The highest BCUT2D eigenvalue weighted by atomic mass is 35.5. The number of carbonyl (C=O) groups is 1. The van der Waals surface area contributed by atoms with Gasteiger partial charge >= 0.3 is 0 Å². The van der Waals surface area contributed by atoms with Crippen molar-refractivity contribution >= 4 is 46.1 Å². The van der Waals surface area contributed by atoms with Crippen LogP contribution in [0.2, 0.25) is 10.0 Å². The van der Waals surface area contributed by atoms with E-state index in [9.17, 15) is 9.18 Å². The van der Waals surface area contributed by atoms with Crippen molar-refractivity contribution in [3.63, 3.8) is 0 Å². The number of nitrogens with two attached hydrogens (primary N) is 1. The molecule has 27 heavy (non-hydrogen) atoms. The highest BCUT2D eigenvalue weighted by Gasteiger charge is 2.27. The Balaban J connectivity index is 2.28. The van der Waals surface area contributed by atoms with Crippen LogP contribution < -0.4 is 5.73 Å². The van der Waals surface area contributed by atoms with E-state index in [4.69, 9.17) is 33.8 Å². The number of rotatable bonds is 4. The number of hydroxylamine groups is 2. The molecule has 2 N–H and O–H groups in total. The fraction of sp³-hybridized carbons (Fsp3) is 0.111. The van der Waals surface area contributed by atoms with Crippen LogP contribution in [0, 0.1) is 5.95 Å². The monoisotopic (exact) mass is 425 g/mol. The maximum absolute atomic E-state index is 13.6. The summed E-state index contributed by atoms with van der Waals surface area (Å²) in [5.74, 6) is -1.05. The third-order valence-corrected chi connectivity index (χ3v) is 5.68. The van der Waals surface area contributed by atoms with Gasteiger partial charge < -0.3 is 5.73 Å². The van der Waals surface area contributed by atoms with Crippen molar-refractivity contribution in [2.24, 2.45) is 0 Å². The summed E-state index contributed by atoms with van der Waals surface area (Å²) in [7, 11) is 2.86. The number of thiophene rings is 1.